The average molecular weight is 293 g/mol. The number of nitrogen functional groups attached to an aromatic ring is 1. The molecule has 0 aliphatic rings. The van der Waals surface area contributed by atoms with Crippen molar-refractivity contribution in [3.05, 3.63) is 46.1 Å². The Morgan fingerprint density at radius 3 is 2.35 bits per heavy atom. The number of hydrogen-bond acceptors (Lipinski definition) is 3. The van der Waals surface area contributed by atoms with Crippen LogP contribution < -0.4 is 10.5 Å². The van der Waals surface area contributed by atoms with Gasteiger partial charge in [-0.15, -0.1) is 0 Å². The molecule has 1 heterocycles. The maximum atomic E-state index is 5.66. The fourth-order valence-corrected chi connectivity index (χ4v) is 1.77. The van der Waals surface area contributed by atoms with Gasteiger partial charge >= 0.3 is 0 Å². The SMILES string of the molecule is Cc1cc(Oc2ccc(N)cn2)cc(C)c1Br. The first kappa shape index (κ1) is 11.9. The smallest absolute Gasteiger partial charge is 0.219 e. The van der Waals surface area contributed by atoms with E-state index in [1.807, 2.05) is 26.0 Å². The number of rotatable bonds is 2. The molecule has 0 bridgehead atoms. The standard InChI is InChI=1S/C13H13BrN2O/c1-8-5-11(6-9(2)13(8)14)17-12-4-3-10(15)7-16-12/h3-7H,15H2,1-2H3. The largest absolute Gasteiger partial charge is 0.439 e. The summed E-state index contributed by atoms with van der Waals surface area (Å²) < 4.78 is 6.77. The topological polar surface area (TPSA) is 48.1 Å². The van der Waals surface area contributed by atoms with Crippen LogP contribution >= 0.6 is 15.9 Å². The molecule has 1 aromatic carbocycles. The van der Waals surface area contributed by atoms with Gasteiger partial charge in [0, 0.05) is 10.5 Å². The zero-order chi connectivity index (χ0) is 12.4. The third kappa shape index (κ3) is 2.77. The van der Waals surface area contributed by atoms with Crippen LogP contribution in [0.25, 0.3) is 0 Å². The van der Waals surface area contributed by atoms with Gasteiger partial charge in [0.05, 0.1) is 11.9 Å². The minimum Gasteiger partial charge on any atom is -0.439 e. The summed E-state index contributed by atoms with van der Waals surface area (Å²) in [5.41, 5.74) is 8.46. The van der Waals surface area contributed by atoms with Crippen LogP contribution in [0, 0.1) is 13.8 Å². The number of pyridine rings is 1. The monoisotopic (exact) mass is 292 g/mol. The van der Waals surface area contributed by atoms with E-state index in [-0.39, 0.29) is 0 Å². The molecule has 0 spiro atoms. The van der Waals surface area contributed by atoms with Gasteiger partial charge in [-0.2, -0.15) is 0 Å². The molecule has 0 atom stereocenters. The molecule has 0 unspecified atom stereocenters. The number of ether oxygens (including phenoxy) is 1. The lowest BCUT2D eigenvalue weighted by Gasteiger charge is -2.09. The first-order valence-corrected chi connectivity index (χ1v) is 6.01. The van der Waals surface area contributed by atoms with Gasteiger partial charge in [0.25, 0.3) is 0 Å². The molecule has 17 heavy (non-hydrogen) atoms. The molecule has 0 radical (unpaired) electrons. The Labute approximate surface area is 109 Å². The minimum atomic E-state index is 0.542. The lowest BCUT2D eigenvalue weighted by atomic mass is 10.1. The molecular formula is C13H13BrN2O. The van der Waals surface area contributed by atoms with Crippen molar-refractivity contribution in [2.45, 2.75) is 13.8 Å². The number of hydrogen-bond donors (Lipinski definition) is 1. The second-order valence-corrected chi connectivity index (χ2v) is 4.70. The van der Waals surface area contributed by atoms with Gasteiger partial charge in [0.1, 0.15) is 5.75 Å². The third-order valence-corrected chi connectivity index (χ3v) is 3.64. The molecular weight excluding hydrogens is 280 g/mol. The van der Waals surface area contributed by atoms with E-state index in [9.17, 15) is 0 Å². The van der Waals surface area contributed by atoms with Crippen LogP contribution in [0.4, 0.5) is 5.69 Å². The number of anilines is 1. The van der Waals surface area contributed by atoms with Crippen molar-refractivity contribution in [3.8, 4) is 11.6 Å². The van der Waals surface area contributed by atoms with E-state index in [0.29, 0.717) is 11.6 Å². The molecule has 1 aromatic heterocycles. The maximum Gasteiger partial charge on any atom is 0.219 e. The van der Waals surface area contributed by atoms with Gasteiger partial charge in [0.2, 0.25) is 5.88 Å². The van der Waals surface area contributed by atoms with Crippen molar-refractivity contribution in [2.24, 2.45) is 0 Å². The van der Waals surface area contributed by atoms with Crippen LogP contribution in [-0.4, -0.2) is 4.98 Å². The zero-order valence-corrected chi connectivity index (χ0v) is 11.3. The predicted molar refractivity (Wildman–Crippen MR) is 72.3 cm³/mol. The van der Waals surface area contributed by atoms with E-state index in [2.05, 4.69) is 20.9 Å². The molecule has 0 saturated heterocycles. The Balaban J connectivity index is 2.27. The van der Waals surface area contributed by atoms with Gasteiger partial charge < -0.3 is 10.5 Å². The molecule has 0 aliphatic heterocycles. The Morgan fingerprint density at radius 2 is 1.82 bits per heavy atom. The minimum absolute atomic E-state index is 0.542. The summed E-state index contributed by atoms with van der Waals surface area (Å²) in [7, 11) is 0. The van der Waals surface area contributed by atoms with E-state index in [1.54, 1.807) is 18.3 Å². The summed E-state index contributed by atoms with van der Waals surface area (Å²) in [6, 6.07) is 7.45. The lowest BCUT2D eigenvalue weighted by molar-refractivity contribution is 0.462. The van der Waals surface area contributed by atoms with Crippen molar-refractivity contribution in [3.63, 3.8) is 0 Å². The Bertz CT molecular complexity index is 515. The Kier molecular flexibility index (Phi) is 3.33. The predicted octanol–water partition coefficient (Wildman–Crippen LogP) is 3.84. The molecule has 2 rings (SSSR count). The van der Waals surface area contributed by atoms with E-state index in [0.717, 1.165) is 21.3 Å². The molecule has 0 amide bonds. The number of nitrogens with zero attached hydrogens (tertiary/aromatic N) is 1. The van der Waals surface area contributed by atoms with E-state index in [4.69, 9.17) is 10.5 Å². The van der Waals surface area contributed by atoms with E-state index < -0.39 is 0 Å². The summed E-state index contributed by atoms with van der Waals surface area (Å²) in [5, 5.41) is 0. The molecule has 0 aliphatic carbocycles. The highest BCUT2D eigenvalue weighted by Crippen LogP contribution is 2.28. The van der Waals surface area contributed by atoms with E-state index >= 15 is 0 Å². The number of benzene rings is 1. The second-order valence-electron chi connectivity index (χ2n) is 3.90. The van der Waals surface area contributed by atoms with Crippen LogP contribution in [0.3, 0.4) is 0 Å². The average Bonchev–Trinajstić information content (AvgIpc) is 2.29. The van der Waals surface area contributed by atoms with Crippen LogP contribution in [-0.2, 0) is 0 Å². The van der Waals surface area contributed by atoms with E-state index in [1.165, 1.54) is 0 Å². The third-order valence-electron chi connectivity index (χ3n) is 2.39. The number of halogens is 1. The van der Waals surface area contributed by atoms with Crippen molar-refractivity contribution >= 4 is 21.6 Å². The van der Waals surface area contributed by atoms with Gasteiger partial charge in [0.15, 0.2) is 0 Å². The highest BCUT2D eigenvalue weighted by atomic mass is 79.9. The number of aryl methyl sites for hydroxylation is 2. The first-order chi connectivity index (χ1) is 8.06. The summed E-state index contributed by atoms with van der Waals surface area (Å²) in [5.74, 6) is 1.32. The van der Waals surface area contributed by atoms with Crippen molar-refractivity contribution in [2.75, 3.05) is 5.73 Å². The van der Waals surface area contributed by atoms with Crippen LogP contribution in [0.5, 0.6) is 11.6 Å². The second kappa shape index (κ2) is 4.75. The Hall–Kier alpha value is -1.55. The van der Waals surface area contributed by atoms with Crippen LogP contribution in [0.1, 0.15) is 11.1 Å². The molecule has 2 aromatic rings. The zero-order valence-electron chi connectivity index (χ0n) is 9.70. The molecule has 0 saturated carbocycles. The van der Waals surface area contributed by atoms with Crippen LogP contribution in [0.2, 0.25) is 0 Å². The van der Waals surface area contributed by atoms with Crippen molar-refractivity contribution in [1.82, 2.24) is 4.98 Å². The molecule has 3 nitrogen and oxygen atoms in total. The van der Waals surface area contributed by atoms with Gasteiger partial charge in [-0.1, -0.05) is 15.9 Å². The molecule has 2 N–H and O–H groups in total. The Morgan fingerprint density at radius 1 is 1.18 bits per heavy atom. The van der Waals surface area contributed by atoms with Gasteiger partial charge in [-0.05, 0) is 43.2 Å². The first-order valence-electron chi connectivity index (χ1n) is 5.22. The van der Waals surface area contributed by atoms with Crippen molar-refractivity contribution in [1.29, 1.82) is 0 Å². The fourth-order valence-electron chi connectivity index (χ4n) is 1.54. The lowest BCUT2D eigenvalue weighted by Crippen LogP contribution is -1.92. The normalized spacial score (nSPS) is 10.3. The molecule has 4 heteroatoms. The quantitative estimate of drug-likeness (QED) is 0.915. The summed E-state index contributed by atoms with van der Waals surface area (Å²) in [6.45, 7) is 4.06. The maximum absolute atomic E-state index is 5.66. The fraction of sp³-hybridized carbons (Fsp3) is 0.154. The summed E-state index contributed by atoms with van der Waals surface area (Å²) in [6.07, 6.45) is 1.58. The number of nitrogens with two attached hydrogens (primary N) is 1. The van der Waals surface area contributed by atoms with Crippen molar-refractivity contribution < 1.29 is 4.74 Å². The molecule has 0 fully saturated rings. The van der Waals surface area contributed by atoms with Gasteiger partial charge in [-0.3, -0.25) is 0 Å². The number of aromatic nitrogens is 1. The highest BCUT2D eigenvalue weighted by molar-refractivity contribution is 9.10. The highest BCUT2D eigenvalue weighted by Gasteiger charge is 2.04. The summed E-state index contributed by atoms with van der Waals surface area (Å²) in [4.78, 5) is 4.10. The van der Waals surface area contributed by atoms with Crippen LogP contribution in [0.15, 0.2) is 34.9 Å². The molecule has 88 valence electrons. The summed E-state index contributed by atoms with van der Waals surface area (Å²) >= 11 is 3.52. The van der Waals surface area contributed by atoms with Gasteiger partial charge in [-0.25, -0.2) is 4.98 Å².